The molecule has 1 fully saturated rings. The highest BCUT2D eigenvalue weighted by atomic mass is 16.4. The minimum atomic E-state index is -1.08. The zero-order valence-corrected chi connectivity index (χ0v) is 9.57. The molecule has 0 aliphatic carbocycles. The molecule has 0 aromatic heterocycles. The van der Waals surface area contributed by atoms with Crippen molar-refractivity contribution >= 4 is 17.9 Å². The molecule has 0 aromatic rings. The van der Waals surface area contributed by atoms with Crippen LogP contribution in [-0.2, 0) is 14.4 Å². The second-order valence-electron chi connectivity index (χ2n) is 4.11. The Morgan fingerprint density at radius 3 is 1.72 bits per heavy atom. The summed E-state index contributed by atoms with van der Waals surface area (Å²) in [4.78, 5) is 31.8. The molecule has 4 N–H and O–H groups in total. The number of aliphatic carboxylic acids is 3. The third-order valence-corrected chi connectivity index (χ3v) is 2.36. The summed E-state index contributed by atoms with van der Waals surface area (Å²) in [5, 5.41) is 28.6. The summed E-state index contributed by atoms with van der Waals surface area (Å²) >= 11 is 0. The van der Waals surface area contributed by atoms with E-state index in [2.05, 4.69) is 5.53 Å². The molecule has 0 spiro atoms. The third kappa shape index (κ3) is 5.08. The fourth-order valence-electron chi connectivity index (χ4n) is 1.87. The van der Waals surface area contributed by atoms with Gasteiger partial charge in [-0.05, 0) is 5.92 Å². The number of hydrazine groups is 2. The largest absolute Gasteiger partial charge is 0.481 e. The third-order valence-electron chi connectivity index (χ3n) is 2.36. The van der Waals surface area contributed by atoms with Crippen molar-refractivity contribution in [2.45, 2.75) is 6.42 Å². The summed E-state index contributed by atoms with van der Waals surface area (Å²) in [6.07, 6.45) is -0.131. The Kier molecular flexibility index (Phi) is 5.01. The predicted molar refractivity (Wildman–Crippen MR) is 57.3 cm³/mol. The molecule has 0 aromatic carbocycles. The molecule has 0 unspecified atom stereocenters. The van der Waals surface area contributed by atoms with Crippen molar-refractivity contribution in [1.29, 1.82) is 0 Å². The molecule has 1 heterocycles. The second-order valence-corrected chi connectivity index (χ2v) is 4.11. The van der Waals surface area contributed by atoms with Crippen LogP contribution in [0.3, 0.4) is 0 Å². The molecule has 1 aliphatic heterocycles. The average Bonchev–Trinajstić information content (AvgIpc) is 2.12. The standard InChI is InChI=1S/C9H15N3O6/c13-7(14)1-6-2-11(4-8(15)16)10-12(3-6)5-9(17)18/h6,10H,1-5H2,(H,13,14)(H,15,16)(H,17,18). The number of hydrogen-bond donors (Lipinski definition) is 4. The minimum Gasteiger partial charge on any atom is -0.481 e. The highest BCUT2D eigenvalue weighted by Gasteiger charge is 2.28. The van der Waals surface area contributed by atoms with Gasteiger partial charge >= 0.3 is 17.9 Å². The van der Waals surface area contributed by atoms with Gasteiger partial charge in [-0.25, -0.2) is 10.0 Å². The molecule has 102 valence electrons. The van der Waals surface area contributed by atoms with Crippen LogP contribution < -0.4 is 5.53 Å². The number of nitrogens with zero attached hydrogens (tertiary/aromatic N) is 2. The molecule has 1 aliphatic rings. The van der Waals surface area contributed by atoms with E-state index < -0.39 is 17.9 Å². The molecular weight excluding hydrogens is 246 g/mol. The van der Waals surface area contributed by atoms with Gasteiger partial charge in [-0.3, -0.25) is 14.4 Å². The molecule has 18 heavy (non-hydrogen) atoms. The van der Waals surface area contributed by atoms with E-state index in [-0.39, 0.29) is 38.5 Å². The van der Waals surface area contributed by atoms with Crippen LogP contribution >= 0.6 is 0 Å². The smallest absolute Gasteiger partial charge is 0.319 e. The van der Waals surface area contributed by atoms with Crippen LogP contribution in [0.15, 0.2) is 0 Å². The summed E-state index contributed by atoms with van der Waals surface area (Å²) < 4.78 is 0. The Morgan fingerprint density at radius 2 is 1.39 bits per heavy atom. The van der Waals surface area contributed by atoms with E-state index in [4.69, 9.17) is 15.3 Å². The van der Waals surface area contributed by atoms with Gasteiger partial charge in [0.25, 0.3) is 0 Å². The molecule has 0 bridgehead atoms. The highest BCUT2D eigenvalue weighted by molar-refractivity contribution is 5.70. The second kappa shape index (κ2) is 6.28. The van der Waals surface area contributed by atoms with Crippen molar-refractivity contribution in [1.82, 2.24) is 15.6 Å². The lowest BCUT2D eigenvalue weighted by atomic mass is 10.0. The maximum atomic E-state index is 10.6. The average molecular weight is 261 g/mol. The van der Waals surface area contributed by atoms with Gasteiger partial charge < -0.3 is 15.3 Å². The van der Waals surface area contributed by atoms with E-state index in [1.54, 1.807) is 0 Å². The van der Waals surface area contributed by atoms with Crippen molar-refractivity contribution in [2.75, 3.05) is 26.2 Å². The highest BCUT2D eigenvalue weighted by Crippen LogP contribution is 2.12. The van der Waals surface area contributed by atoms with Crippen molar-refractivity contribution < 1.29 is 29.7 Å². The number of carboxylic acids is 3. The minimum absolute atomic E-state index is 0.131. The maximum Gasteiger partial charge on any atom is 0.319 e. The van der Waals surface area contributed by atoms with Crippen molar-refractivity contribution in [3.8, 4) is 0 Å². The van der Waals surface area contributed by atoms with Gasteiger partial charge in [0.15, 0.2) is 0 Å². The monoisotopic (exact) mass is 261 g/mol. The Balaban J connectivity index is 2.62. The van der Waals surface area contributed by atoms with Crippen LogP contribution in [-0.4, -0.2) is 69.4 Å². The number of rotatable bonds is 6. The summed E-state index contributed by atoms with van der Waals surface area (Å²) in [6, 6.07) is 0. The quantitative estimate of drug-likeness (QED) is 0.441. The van der Waals surface area contributed by atoms with Crippen molar-refractivity contribution in [3.63, 3.8) is 0 Å². The lowest BCUT2D eigenvalue weighted by Gasteiger charge is -2.38. The lowest BCUT2D eigenvalue weighted by Crippen LogP contribution is -2.60. The number of nitrogens with one attached hydrogen (secondary N) is 1. The van der Waals surface area contributed by atoms with Gasteiger partial charge in [-0.15, -0.1) is 0 Å². The Morgan fingerprint density at radius 1 is 0.944 bits per heavy atom. The van der Waals surface area contributed by atoms with Gasteiger partial charge in [-0.2, -0.15) is 5.53 Å². The Labute approximate surface area is 103 Å². The van der Waals surface area contributed by atoms with Crippen molar-refractivity contribution in [2.24, 2.45) is 5.92 Å². The van der Waals surface area contributed by atoms with E-state index in [1.807, 2.05) is 0 Å². The van der Waals surface area contributed by atoms with Crippen LogP contribution in [0.4, 0.5) is 0 Å². The molecule has 1 saturated heterocycles. The normalized spacial score (nSPS) is 18.7. The van der Waals surface area contributed by atoms with Crippen LogP contribution in [0.1, 0.15) is 6.42 Å². The van der Waals surface area contributed by atoms with Crippen LogP contribution in [0.2, 0.25) is 0 Å². The lowest BCUT2D eigenvalue weighted by molar-refractivity contribution is -0.149. The zero-order chi connectivity index (χ0) is 13.7. The fourth-order valence-corrected chi connectivity index (χ4v) is 1.87. The SMILES string of the molecule is O=C(O)CC1CN(CC(=O)O)NN(CC(=O)O)C1. The fraction of sp³-hybridized carbons (Fsp3) is 0.667. The van der Waals surface area contributed by atoms with E-state index >= 15 is 0 Å². The zero-order valence-electron chi connectivity index (χ0n) is 9.57. The molecule has 9 nitrogen and oxygen atoms in total. The van der Waals surface area contributed by atoms with Gasteiger partial charge in [0.2, 0.25) is 0 Å². The van der Waals surface area contributed by atoms with Crippen molar-refractivity contribution in [3.05, 3.63) is 0 Å². The van der Waals surface area contributed by atoms with Crippen LogP contribution in [0.5, 0.6) is 0 Å². The van der Waals surface area contributed by atoms with Gasteiger partial charge in [-0.1, -0.05) is 0 Å². The van der Waals surface area contributed by atoms with Gasteiger partial charge in [0.1, 0.15) is 13.1 Å². The first-order valence-electron chi connectivity index (χ1n) is 5.28. The first-order valence-corrected chi connectivity index (χ1v) is 5.28. The topological polar surface area (TPSA) is 130 Å². The molecular formula is C9H15N3O6. The molecule has 0 saturated carbocycles. The number of carbonyl (C=O) groups is 3. The van der Waals surface area contributed by atoms with E-state index in [9.17, 15) is 14.4 Å². The first-order chi connectivity index (χ1) is 8.36. The predicted octanol–water partition coefficient (Wildman–Crippen LogP) is -1.72. The van der Waals surface area contributed by atoms with Gasteiger partial charge in [0, 0.05) is 13.1 Å². The van der Waals surface area contributed by atoms with E-state index in [1.165, 1.54) is 10.0 Å². The number of carboxylic acid groups (broad SMARTS) is 3. The first kappa shape index (κ1) is 14.4. The summed E-state index contributed by atoms with van der Waals surface area (Å²) in [5.41, 5.74) is 2.63. The molecule has 0 amide bonds. The maximum absolute atomic E-state index is 10.6. The molecule has 0 atom stereocenters. The summed E-state index contributed by atoms with van der Waals surface area (Å²) in [7, 11) is 0. The Bertz CT molecular complexity index is 289. The van der Waals surface area contributed by atoms with Gasteiger partial charge in [0.05, 0.1) is 6.42 Å². The van der Waals surface area contributed by atoms with Crippen LogP contribution in [0, 0.1) is 5.92 Å². The number of hydrogen-bond acceptors (Lipinski definition) is 6. The summed E-state index contributed by atoms with van der Waals surface area (Å²) in [6.45, 7) is -0.165. The van der Waals surface area contributed by atoms with E-state index in [0.717, 1.165) is 0 Å². The molecule has 1 rings (SSSR count). The van der Waals surface area contributed by atoms with E-state index in [0.29, 0.717) is 0 Å². The summed E-state index contributed by atoms with van der Waals surface area (Å²) in [5.74, 6) is -3.46. The van der Waals surface area contributed by atoms with Crippen LogP contribution in [0.25, 0.3) is 0 Å². The molecule has 9 heteroatoms. The Hall–Kier alpha value is -1.71. The molecule has 0 radical (unpaired) electrons.